The molecule has 0 aliphatic rings. The lowest BCUT2D eigenvalue weighted by atomic mass is 10.3. The summed E-state index contributed by atoms with van der Waals surface area (Å²) in [6, 6.07) is 3.45. The highest BCUT2D eigenvalue weighted by molar-refractivity contribution is 7.98. The second kappa shape index (κ2) is 3.37. The van der Waals surface area contributed by atoms with Gasteiger partial charge in [0.25, 0.3) is 0 Å². The molecule has 0 atom stereocenters. The molecule has 3 heteroatoms. The Morgan fingerprint density at radius 2 is 2.50 bits per heavy atom. The van der Waals surface area contributed by atoms with E-state index in [0.717, 1.165) is 11.3 Å². The standard InChI is InChI=1S/C7H7NOS/c1-10-7-4-6(5-9)2-3-8-7/h2-5H,1H3. The summed E-state index contributed by atoms with van der Waals surface area (Å²) in [5, 5.41) is 0.879. The monoisotopic (exact) mass is 153 g/mol. The minimum atomic E-state index is 0.680. The van der Waals surface area contributed by atoms with E-state index in [4.69, 9.17) is 0 Å². The topological polar surface area (TPSA) is 30.0 Å². The van der Waals surface area contributed by atoms with Gasteiger partial charge in [-0.25, -0.2) is 4.98 Å². The van der Waals surface area contributed by atoms with E-state index >= 15 is 0 Å². The van der Waals surface area contributed by atoms with E-state index in [2.05, 4.69) is 4.98 Å². The third-order valence-corrected chi connectivity index (χ3v) is 1.75. The van der Waals surface area contributed by atoms with Crippen LogP contribution in [0.1, 0.15) is 10.4 Å². The number of nitrogens with zero attached hydrogens (tertiary/aromatic N) is 1. The van der Waals surface area contributed by atoms with Crippen LogP contribution in [-0.2, 0) is 0 Å². The summed E-state index contributed by atoms with van der Waals surface area (Å²) in [6.45, 7) is 0. The zero-order chi connectivity index (χ0) is 7.40. The van der Waals surface area contributed by atoms with Crippen LogP contribution in [0.15, 0.2) is 23.4 Å². The highest BCUT2D eigenvalue weighted by Crippen LogP contribution is 2.10. The van der Waals surface area contributed by atoms with E-state index in [9.17, 15) is 4.79 Å². The lowest BCUT2D eigenvalue weighted by Crippen LogP contribution is -1.82. The zero-order valence-electron chi connectivity index (χ0n) is 5.57. The maximum absolute atomic E-state index is 10.2. The fraction of sp³-hybridized carbons (Fsp3) is 0.143. The number of hydrogen-bond donors (Lipinski definition) is 0. The van der Waals surface area contributed by atoms with Crippen LogP contribution in [0.5, 0.6) is 0 Å². The molecule has 0 aliphatic heterocycles. The minimum absolute atomic E-state index is 0.680. The lowest BCUT2D eigenvalue weighted by Gasteiger charge is -1.93. The first-order chi connectivity index (χ1) is 4.86. The first-order valence-corrected chi connectivity index (χ1v) is 4.04. The fourth-order valence-electron chi connectivity index (χ4n) is 0.610. The molecule has 0 spiro atoms. The van der Waals surface area contributed by atoms with E-state index in [-0.39, 0.29) is 0 Å². The number of pyridine rings is 1. The molecule has 1 heterocycles. The van der Waals surface area contributed by atoms with E-state index in [0.29, 0.717) is 5.56 Å². The van der Waals surface area contributed by atoms with Gasteiger partial charge in [0.2, 0.25) is 0 Å². The second-order valence-corrected chi connectivity index (χ2v) is 2.58. The lowest BCUT2D eigenvalue weighted by molar-refractivity contribution is 0.112. The number of aldehydes is 1. The Morgan fingerprint density at radius 3 is 3.10 bits per heavy atom. The molecule has 0 saturated heterocycles. The molecule has 0 fully saturated rings. The number of hydrogen-bond acceptors (Lipinski definition) is 3. The molecule has 0 N–H and O–H groups in total. The van der Waals surface area contributed by atoms with Crippen molar-refractivity contribution in [3.05, 3.63) is 23.9 Å². The van der Waals surface area contributed by atoms with Gasteiger partial charge in [0.1, 0.15) is 6.29 Å². The van der Waals surface area contributed by atoms with Crippen molar-refractivity contribution in [1.29, 1.82) is 0 Å². The molecular formula is C7H7NOS. The van der Waals surface area contributed by atoms with Gasteiger partial charge in [0.05, 0.1) is 5.03 Å². The van der Waals surface area contributed by atoms with Gasteiger partial charge in [-0.3, -0.25) is 4.79 Å². The van der Waals surface area contributed by atoms with Gasteiger partial charge in [-0.2, -0.15) is 0 Å². The van der Waals surface area contributed by atoms with Gasteiger partial charge in [0.15, 0.2) is 0 Å². The highest BCUT2D eigenvalue weighted by Gasteiger charge is 1.91. The maximum atomic E-state index is 10.2. The van der Waals surface area contributed by atoms with Crippen molar-refractivity contribution in [3.63, 3.8) is 0 Å². The van der Waals surface area contributed by atoms with Crippen molar-refractivity contribution >= 4 is 18.0 Å². The van der Waals surface area contributed by atoms with Gasteiger partial charge in [-0.15, -0.1) is 11.8 Å². The third-order valence-electron chi connectivity index (χ3n) is 1.10. The van der Waals surface area contributed by atoms with Crippen LogP contribution in [0, 0.1) is 0 Å². The molecule has 2 nitrogen and oxygen atoms in total. The molecule has 0 radical (unpaired) electrons. The fourth-order valence-corrected chi connectivity index (χ4v) is 1.03. The highest BCUT2D eigenvalue weighted by atomic mass is 32.2. The number of rotatable bonds is 2. The van der Waals surface area contributed by atoms with Crippen molar-refractivity contribution in [2.45, 2.75) is 5.03 Å². The van der Waals surface area contributed by atoms with Crippen LogP contribution >= 0.6 is 11.8 Å². The molecule has 0 aliphatic carbocycles. The molecule has 1 rings (SSSR count). The summed E-state index contributed by atoms with van der Waals surface area (Å²) >= 11 is 1.53. The van der Waals surface area contributed by atoms with E-state index in [1.165, 1.54) is 11.8 Å². The molecule has 1 aromatic heterocycles. The average molecular weight is 153 g/mol. The summed E-state index contributed by atoms with van der Waals surface area (Å²) in [5.74, 6) is 0. The van der Waals surface area contributed by atoms with Crippen LogP contribution in [-0.4, -0.2) is 17.5 Å². The normalized spacial score (nSPS) is 9.30. The van der Waals surface area contributed by atoms with Crippen molar-refractivity contribution in [2.24, 2.45) is 0 Å². The Labute approximate surface area is 63.7 Å². The Kier molecular flexibility index (Phi) is 2.45. The van der Waals surface area contributed by atoms with Gasteiger partial charge in [0, 0.05) is 11.8 Å². The van der Waals surface area contributed by atoms with Crippen LogP contribution < -0.4 is 0 Å². The van der Waals surface area contributed by atoms with Crippen molar-refractivity contribution in [3.8, 4) is 0 Å². The third kappa shape index (κ3) is 1.57. The maximum Gasteiger partial charge on any atom is 0.150 e. The summed E-state index contributed by atoms with van der Waals surface area (Å²) in [6.07, 6.45) is 4.38. The van der Waals surface area contributed by atoms with Gasteiger partial charge < -0.3 is 0 Å². The Morgan fingerprint density at radius 1 is 1.70 bits per heavy atom. The van der Waals surface area contributed by atoms with Crippen molar-refractivity contribution < 1.29 is 4.79 Å². The number of carbonyl (C=O) groups excluding carboxylic acids is 1. The summed E-state index contributed by atoms with van der Waals surface area (Å²) < 4.78 is 0. The predicted octanol–water partition coefficient (Wildman–Crippen LogP) is 1.62. The molecular weight excluding hydrogens is 146 g/mol. The van der Waals surface area contributed by atoms with Crippen LogP contribution in [0.3, 0.4) is 0 Å². The Hall–Kier alpha value is -0.830. The van der Waals surface area contributed by atoms with E-state index in [1.807, 2.05) is 6.26 Å². The number of carbonyl (C=O) groups is 1. The molecule has 0 bridgehead atoms. The quantitative estimate of drug-likeness (QED) is 0.477. The SMILES string of the molecule is CSc1cc(C=O)ccn1. The van der Waals surface area contributed by atoms with E-state index in [1.54, 1.807) is 18.3 Å². The molecule has 0 amide bonds. The molecule has 0 unspecified atom stereocenters. The molecule has 52 valence electrons. The van der Waals surface area contributed by atoms with Crippen molar-refractivity contribution in [1.82, 2.24) is 4.98 Å². The Balaban J connectivity index is 2.98. The molecule has 0 saturated carbocycles. The smallest absolute Gasteiger partial charge is 0.150 e. The van der Waals surface area contributed by atoms with E-state index < -0.39 is 0 Å². The van der Waals surface area contributed by atoms with Gasteiger partial charge in [-0.05, 0) is 18.4 Å². The summed E-state index contributed by atoms with van der Waals surface area (Å²) in [4.78, 5) is 14.2. The first-order valence-electron chi connectivity index (χ1n) is 2.82. The second-order valence-electron chi connectivity index (χ2n) is 1.75. The van der Waals surface area contributed by atoms with Crippen molar-refractivity contribution in [2.75, 3.05) is 6.26 Å². The van der Waals surface area contributed by atoms with Crippen LogP contribution in [0.25, 0.3) is 0 Å². The number of aromatic nitrogens is 1. The zero-order valence-corrected chi connectivity index (χ0v) is 6.39. The molecule has 10 heavy (non-hydrogen) atoms. The minimum Gasteiger partial charge on any atom is -0.298 e. The largest absolute Gasteiger partial charge is 0.298 e. The number of thioether (sulfide) groups is 1. The predicted molar refractivity (Wildman–Crippen MR) is 41.4 cm³/mol. The van der Waals surface area contributed by atoms with Crippen LogP contribution in [0.2, 0.25) is 0 Å². The summed E-state index contributed by atoms with van der Waals surface area (Å²) in [7, 11) is 0. The average Bonchev–Trinajstić information content (AvgIpc) is 2.05. The van der Waals surface area contributed by atoms with Gasteiger partial charge in [-0.1, -0.05) is 0 Å². The van der Waals surface area contributed by atoms with Crippen LogP contribution in [0.4, 0.5) is 0 Å². The summed E-state index contributed by atoms with van der Waals surface area (Å²) in [5.41, 5.74) is 0.680. The Bertz CT molecular complexity index is 237. The first kappa shape index (κ1) is 7.28. The van der Waals surface area contributed by atoms with Gasteiger partial charge >= 0.3 is 0 Å². The molecule has 1 aromatic rings. The molecule has 0 aromatic carbocycles.